The first-order valence-electron chi connectivity index (χ1n) is 5.77. The first-order chi connectivity index (χ1) is 8.90. The SMILES string of the molecule is O=Cc1ccccc1-c1cccc2ccncc12. The largest absolute Gasteiger partial charge is 0.298 e. The van der Waals surface area contributed by atoms with Crippen LogP contribution in [-0.4, -0.2) is 11.3 Å². The molecule has 0 fully saturated rings. The van der Waals surface area contributed by atoms with Gasteiger partial charge in [-0.25, -0.2) is 0 Å². The Labute approximate surface area is 105 Å². The maximum absolute atomic E-state index is 11.1. The van der Waals surface area contributed by atoms with Gasteiger partial charge in [-0.3, -0.25) is 9.78 Å². The molecule has 2 nitrogen and oxygen atoms in total. The van der Waals surface area contributed by atoms with Crippen LogP contribution in [0.5, 0.6) is 0 Å². The third-order valence-corrected chi connectivity index (χ3v) is 3.06. The minimum absolute atomic E-state index is 0.703. The van der Waals surface area contributed by atoms with Gasteiger partial charge in [0.25, 0.3) is 0 Å². The van der Waals surface area contributed by atoms with Crippen molar-refractivity contribution in [2.75, 3.05) is 0 Å². The van der Waals surface area contributed by atoms with Crippen LogP contribution in [0.15, 0.2) is 60.9 Å². The van der Waals surface area contributed by atoms with Gasteiger partial charge in [0.1, 0.15) is 0 Å². The van der Waals surface area contributed by atoms with Gasteiger partial charge in [0.05, 0.1) is 0 Å². The van der Waals surface area contributed by atoms with E-state index in [0.29, 0.717) is 5.56 Å². The molecule has 0 aliphatic carbocycles. The van der Waals surface area contributed by atoms with Gasteiger partial charge in [-0.05, 0) is 22.6 Å². The smallest absolute Gasteiger partial charge is 0.150 e. The van der Waals surface area contributed by atoms with E-state index < -0.39 is 0 Å². The fraction of sp³-hybridized carbons (Fsp3) is 0. The Bertz CT molecular complexity index is 714. The number of fused-ring (bicyclic) bond motifs is 1. The first-order valence-corrected chi connectivity index (χ1v) is 5.77. The van der Waals surface area contributed by atoms with E-state index in [4.69, 9.17) is 0 Å². The number of aromatic nitrogens is 1. The zero-order valence-corrected chi connectivity index (χ0v) is 9.71. The Morgan fingerprint density at radius 2 is 1.72 bits per heavy atom. The molecule has 2 aromatic carbocycles. The predicted octanol–water partition coefficient (Wildman–Crippen LogP) is 3.71. The molecule has 18 heavy (non-hydrogen) atoms. The Morgan fingerprint density at radius 3 is 2.61 bits per heavy atom. The second-order valence-electron chi connectivity index (χ2n) is 4.11. The molecule has 1 aromatic heterocycles. The molecule has 0 aliphatic rings. The monoisotopic (exact) mass is 233 g/mol. The van der Waals surface area contributed by atoms with E-state index >= 15 is 0 Å². The molecule has 1 heterocycles. The summed E-state index contributed by atoms with van der Waals surface area (Å²) in [5.41, 5.74) is 2.70. The van der Waals surface area contributed by atoms with Crippen molar-refractivity contribution in [1.29, 1.82) is 0 Å². The summed E-state index contributed by atoms with van der Waals surface area (Å²) in [5.74, 6) is 0. The van der Waals surface area contributed by atoms with Crippen molar-refractivity contribution in [2.45, 2.75) is 0 Å². The van der Waals surface area contributed by atoms with Gasteiger partial charge in [0, 0.05) is 23.3 Å². The van der Waals surface area contributed by atoms with E-state index in [-0.39, 0.29) is 0 Å². The molecule has 0 aliphatic heterocycles. The summed E-state index contributed by atoms with van der Waals surface area (Å²) in [5, 5.41) is 2.19. The van der Waals surface area contributed by atoms with Crippen molar-refractivity contribution >= 4 is 17.1 Å². The van der Waals surface area contributed by atoms with Crippen LogP contribution in [-0.2, 0) is 0 Å². The van der Waals surface area contributed by atoms with E-state index in [2.05, 4.69) is 4.98 Å². The summed E-state index contributed by atoms with van der Waals surface area (Å²) in [4.78, 5) is 15.3. The molecule has 0 radical (unpaired) electrons. The van der Waals surface area contributed by atoms with Gasteiger partial charge in [0.15, 0.2) is 6.29 Å². The molecule has 0 bridgehead atoms. The molecule has 2 heteroatoms. The van der Waals surface area contributed by atoms with Crippen LogP contribution >= 0.6 is 0 Å². The molecule has 3 rings (SSSR count). The number of carbonyl (C=O) groups excluding carboxylic acids is 1. The lowest BCUT2D eigenvalue weighted by Gasteiger charge is -2.08. The van der Waals surface area contributed by atoms with Crippen LogP contribution in [0.4, 0.5) is 0 Å². The molecule has 0 N–H and O–H groups in total. The van der Waals surface area contributed by atoms with E-state index in [1.165, 1.54) is 0 Å². The Balaban J connectivity index is 2.35. The fourth-order valence-electron chi connectivity index (χ4n) is 2.19. The third kappa shape index (κ3) is 1.68. The van der Waals surface area contributed by atoms with Crippen LogP contribution in [0.1, 0.15) is 10.4 Å². The van der Waals surface area contributed by atoms with Gasteiger partial charge in [0.2, 0.25) is 0 Å². The maximum Gasteiger partial charge on any atom is 0.150 e. The minimum atomic E-state index is 0.703. The highest BCUT2D eigenvalue weighted by Gasteiger charge is 2.07. The summed E-state index contributed by atoms with van der Waals surface area (Å²) in [6.45, 7) is 0. The lowest BCUT2D eigenvalue weighted by atomic mass is 9.96. The maximum atomic E-state index is 11.1. The summed E-state index contributed by atoms with van der Waals surface area (Å²) < 4.78 is 0. The second-order valence-corrected chi connectivity index (χ2v) is 4.11. The number of hydrogen-bond acceptors (Lipinski definition) is 2. The summed E-state index contributed by atoms with van der Waals surface area (Å²) in [6, 6.07) is 15.6. The molecule has 0 atom stereocenters. The zero-order chi connectivity index (χ0) is 12.4. The van der Waals surface area contributed by atoms with Gasteiger partial charge >= 0.3 is 0 Å². The standard InChI is InChI=1S/C16H11NO/c18-11-13-4-1-2-6-14(13)15-7-3-5-12-8-9-17-10-16(12)15/h1-11H. The molecule has 0 unspecified atom stereocenters. The summed E-state index contributed by atoms with van der Waals surface area (Å²) in [6.07, 6.45) is 4.51. The molecule has 3 aromatic rings. The summed E-state index contributed by atoms with van der Waals surface area (Å²) in [7, 11) is 0. The molecule has 0 saturated carbocycles. The average molecular weight is 233 g/mol. The number of pyridine rings is 1. The number of carbonyl (C=O) groups is 1. The van der Waals surface area contributed by atoms with Crippen LogP contribution < -0.4 is 0 Å². The van der Waals surface area contributed by atoms with E-state index in [9.17, 15) is 4.79 Å². The Morgan fingerprint density at radius 1 is 0.889 bits per heavy atom. The molecule has 0 saturated heterocycles. The number of benzene rings is 2. The topological polar surface area (TPSA) is 30.0 Å². The van der Waals surface area contributed by atoms with Crippen LogP contribution in [0, 0.1) is 0 Å². The van der Waals surface area contributed by atoms with Crippen molar-refractivity contribution in [3.8, 4) is 11.1 Å². The van der Waals surface area contributed by atoms with Crippen molar-refractivity contribution in [1.82, 2.24) is 4.98 Å². The van der Waals surface area contributed by atoms with Crippen molar-refractivity contribution in [2.24, 2.45) is 0 Å². The molecular formula is C16H11NO. The van der Waals surface area contributed by atoms with E-state index in [1.54, 1.807) is 6.20 Å². The Hall–Kier alpha value is -2.48. The quantitative estimate of drug-likeness (QED) is 0.631. The van der Waals surface area contributed by atoms with Gasteiger partial charge in [-0.1, -0.05) is 42.5 Å². The lowest BCUT2D eigenvalue weighted by molar-refractivity contribution is 0.112. The van der Waals surface area contributed by atoms with E-state index in [0.717, 1.165) is 28.2 Å². The van der Waals surface area contributed by atoms with Crippen LogP contribution in [0.2, 0.25) is 0 Å². The number of aldehydes is 1. The number of nitrogens with zero attached hydrogens (tertiary/aromatic N) is 1. The van der Waals surface area contributed by atoms with Crippen LogP contribution in [0.3, 0.4) is 0 Å². The average Bonchev–Trinajstić information content (AvgIpc) is 2.46. The van der Waals surface area contributed by atoms with Crippen molar-refractivity contribution in [3.05, 3.63) is 66.5 Å². The molecule has 0 amide bonds. The van der Waals surface area contributed by atoms with Gasteiger partial charge < -0.3 is 0 Å². The minimum Gasteiger partial charge on any atom is -0.298 e. The molecule has 86 valence electrons. The zero-order valence-electron chi connectivity index (χ0n) is 9.71. The molecular weight excluding hydrogens is 222 g/mol. The van der Waals surface area contributed by atoms with Crippen molar-refractivity contribution in [3.63, 3.8) is 0 Å². The van der Waals surface area contributed by atoms with Crippen LogP contribution in [0.25, 0.3) is 21.9 Å². The third-order valence-electron chi connectivity index (χ3n) is 3.06. The highest BCUT2D eigenvalue weighted by molar-refractivity contribution is 6.00. The summed E-state index contributed by atoms with van der Waals surface area (Å²) >= 11 is 0. The Kier molecular flexibility index (Phi) is 2.61. The molecule has 0 spiro atoms. The van der Waals surface area contributed by atoms with Crippen molar-refractivity contribution < 1.29 is 4.79 Å². The highest BCUT2D eigenvalue weighted by Crippen LogP contribution is 2.29. The van der Waals surface area contributed by atoms with Gasteiger partial charge in [-0.15, -0.1) is 0 Å². The fourth-order valence-corrected chi connectivity index (χ4v) is 2.19. The lowest BCUT2D eigenvalue weighted by Crippen LogP contribution is -1.88. The first kappa shape index (κ1) is 10.7. The van der Waals surface area contributed by atoms with Gasteiger partial charge in [-0.2, -0.15) is 0 Å². The number of rotatable bonds is 2. The van der Waals surface area contributed by atoms with E-state index in [1.807, 2.05) is 54.7 Å². The predicted molar refractivity (Wildman–Crippen MR) is 72.6 cm³/mol. The number of hydrogen-bond donors (Lipinski definition) is 0. The highest BCUT2D eigenvalue weighted by atomic mass is 16.1. The second kappa shape index (κ2) is 4.41. The normalized spacial score (nSPS) is 10.4.